The monoisotopic (exact) mass is 452 g/mol. The van der Waals surface area contributed by atoms with Gasteiger partial charge in [0.05, 0.1) is 23.7 Å². The summed E-state index contributed by atoms with van der Waals surface area (Å²) in [4.78, 5) is 13.1. The number of anilines is 1. The Kier molecular flexibility index (Phi) is 7.20. The molecule has 0 aromatic heterocycles. The predicted octanol–water partition coefficient (Wildman–Crippen LogP) is 4.38. The molecular formula is C25H28N2O4S. The highest BCUT2D eigenvalue weighted by molar-refractivity contribution is 7.92. The maximum Gasteiger partial charge on any atom is 0.264 e. The molecule has 0 saturated heterocycles. The van der Waals surface area contributed by atoms with E-state index in [1.807, 2.05) is 39.0 Å². The smallest absolute Gasteiger partial charge is 0.264 e. The van der Waals surface area contributed by atoms with Crippen LogP contribution in [0.25, 0.3) is 0 Å². The molecule has 0 bridgehead atoms. The molecule has 6 nitrogen and oxygen atoms in total. The van der Waals surface area contributed by atoms with Gasteiger partial charge in [-0.05, 0) is 56.2 Å². The van der Waals surface area contributed by atoms with Crippen LogP contribution >= 0.6 is 0 Å². The van der Waals surface area contributed by atoms with Crippen molar-refractivity contribution in [3.05, 3.63) is 89.5 Å². The molecule has 0 saturated carbocycles. The first kappa shape index (κ1) is 23.3. The van der Waals surface area contributed by atoms with E-state index in [2.05, 4.69) is 5.32 Å². The highest BCUT2D eigenvalue weighted by Crippen LogP contribution is 2.32. The van der Waals surface area contributed by atoms with E-state index in [1.165, 1.54) is 19.2 Å². The van der Waals surface area contributed by atoms with E-state index in [0.29, 0.717) is 11.4 Å². The van der Waals surface area contributed by atoms with Crippen molar-refractivity contribution in [3.63, 3.8) is 0 Å². The first-order valence-corrected chi connectivity index (χ1v) is 11.8. The van der Waals surface area contributed by atoms with Gasteiger partial charge in [-0.25, -0.2) is 8.42 Å². The zero-order valence-electron chi connectivity index (χ0n) is 18.7. The lowest BCUT2D eigenvalue weighted by Crippen LogP contribution is -2.41. The number of sulfonamides is 1. The first-order chi connectivity index (χ1) is 15.2. The molecule has 3 aromatic carbocycles. The van der Waals surface area contributed by atoms with Crippen LogP contribution in [-0.4, -0.2) is 28.0 Å². The van der Waals surface area contributed by atoms with Crippen molar-refractivity contribution in [2.75, 3.05) is 18.0 Å². The van der Waals surface area contributed by atoms with Crippen molar-refractivity contribution < 1.29 is 17.9 Å². The molecule has 0 aliphatic carbocycles. The standard InChI is InChI=1S/C25H28N2O4S/c1-18-14-15-19(2)22(16-18)20(3)26-25(28)17-27(23-12-8-9-13-24(23)31-4)32(29,30)21-10-6-5-7-11-21/h5-16,20H,17H2,1-4H3,(H,26,28). The van der Waals surface area contributed by atoms with Crippen molar-refractivity contribution in [2.24, 2.45) is 0 Å². The first-order valence-electron chi connectivity index (χ1n) is 10.3. The summed E-state index contributed by atoms with van der Waals surface area (Å²) in [6.07, 6.45) is 0. The number of hydrogen-bond acceptors (Lipinski definition) is 4. The minimum absolute atomic E-state index is 0.0984. The fraction of sp³-hybridized carbons (Fsp3) is 0.240. The number of carbonyl (C=O) groups excluding carboxylic acids is 1. The van der Waals surface area contributed by atoms with E-state index in [1.54, 1.807) is 42.5 Å². The summed E-state index contributed by atoms with van der Waals surface area (Å²) >= 11 is 0. The lowest BCUT2D eigenvalue weighted by Gasteiger charge is -2.26. The second-order valence-electron chi connectivity index (χ2n) is 7.65. The minimum atomic E-state index is -4.00. The van der Waals surface area contributed by atoms with Gasteiger partial charge >= 0.3 is 0 Å². The summed E-state index contributed by atoms with van der Waals surface area (Å²) in [7, 11) is -2.54. The van der Waals surface area contributed by atoms with Gasteiger partial charge in [-0.15, -0.1) is 0 Å². The molecule has 1 atom stereocenters. The number of rotatable bonds is 8. The van der Waals surface area contributed by atoms with E-state index >= 15 is 0 Å². The summed E-state index contributed by atoms with van der Waals surface area (Å²) in [5, 5.41) is 2.94. The lowest BCUT2D eigenvalue weighted by atomic mass is 10.00. The zero-order valence-corrected chi connectivity index (χ0v) is 19.5. The van der Waals surface area contributed by atoms with Crippen LogP contribution in [0.1, 0.15) is 29.7 Å². The van der Waals surface area contributed by atoms with Crippen molar-refractivity contribution in [1.82, 2.24) is 5.32 Å². The number of amides is 1. The molecule has 0 heterocycles. The van der Waals surface area contributed by atoms with Gasteiger partial charge in [-0.2, -0.15) is 0 Å². The number of carbonyl (C=O) groups is 1. The van der Waals surface area contributed by atoms with Gasteiger partial charge in [0.25, 0.3) is 10.0 Å². The lowest BCUT2D eigenvalue weighted by molar-refractivity contribution is -0.120. The van der Waals surface area contributed by atoms with Crippen molar-refractivity contribution in [1.29, 1.82) is 0 Å². The van der Waals surface area contributed by atoms with Gasteiger partial charge in [0.15, 0.2) is 0 Å². The van der Waals surface area contributed by atoms with Crippen molar-refractivity contribution in [2.45, 2.75) is 31.7 Å². The van der Waals surface area contributed by atoms with Crippen LogP contribution in [0.5, 0.6) is 5.75 Å². The Labute approximate surface area is 189 Å². The average Bonchev–Trinajstić information content (AvgIpc) is 2.79. The SMILES string of the molecule is COc1ccccc1N(CC(=O)NC(C)c1cc(C)ccc1C)S(=O)(=O)c1ccccc1. The minimum Gasteiger partial charge on any atom is -0.495 e. The Morgan fingerprint density at radius 3 is 2.34 bits per heavy atom. The molecule has 3 rings (SSSR count). The molecule has 1 amide bonds. The Balaban J connectivity index is 1.94. The Hall–Kier alpha value is -3.32. The van der Waals surface area contributed by atoms with Crippen LogP contribution in [0, 0.1) is 13.8 Å². The maximum absolute atomic E-state index is 13.5. The molecule has 0 aliphatic heterocycles. The second kappa shape index (κ2) is 9.87. The van der Waals surface area contributed by atoms with Gasteiger partial charge in [0.2, 0.25) is 5.91 Å². The van der Waals surface area contributed by atoms with Gasteiger partial charge in [0.1, 0.15) is 12.3 Å². The third kappa shape index (κ3) is 5.11. The molecule has 168 valence electrons. The quantitative estimate of drug-likeness (QED) is 0.550. The maximum atomic E-state index is 13.5. The van der Waals surface area contributed by atoms with Crippen LogP contribution in [0.4, 0.5) is 5.69 Å². The summed E-state index contributed by atoms with van der Waals surface area (Å²) in [5.74, 6) is -0.0498. The van der Waals surface area contributed by atoms with Crippen LogP contribution in [0.2, 0.25) is 0 Å². The van der Waals surface area contributed by atoms with Gasteiger partial charge in [-0.3, -0.25) is 9.10 Å². The number of para-hydroxylation sites is 2. The number of nitrogens with zero attached hydrogens (tertiary/aromatic N) is 1. The number of ether oxygens (including phenoxy) is 1. The van der Waals surface area contributed by atoms with Crippen LogP contribution in [0.15, 0.2) is 77.7 Å². The van der Waals surface area contributed by atoms with E-state index in [0.717, 1.165) is 21.0 Å². The Bertz CT molecular complexity index is 1190. The molecule has 32 heavy (non-hydrogen) atoms. The molecule has 7 heteroatoms. The number of methoxy groups -OCH3 is 1. The van der Waals surface area contributed by atoms with E-state index < -0.39 is 15.9 Å². The van der Waals surface area contributed by atoms with Crippen LogP contribution in [-0.2, 0) is 14.8 Å². The largest absolute Gasteiger partial charge is 0.495 e. The van der Waals surface area contributed by atoms with Crippen LogP contribution in [0.3, 0.4) is 0 Å². The number of nitrogens with one attached hydrogen (secondary N) is 1. The summed E-state index contributed by atoms with van der Waals surface area (Å²) in [5.41, 5.74) is 3.44. The topological polar surface area (TPSA) is 75.7 Å². The summed E-state index contributed by atoms with van der Waals surface area (Å²) in [6.45, 7) is 5.48. The highest BCUT2D eigenvalue weighted by atomic mass is 32.2. The number of hydrogen-bond donors (Lipinski definition) is 1. The predicted molar refractivity (Wildman–Crippen MR) is 126 cm³/mol. The normalized spacial score (nSPS) is 12.1. The van der Waals surface area contributed by atoms with Gasteiger partial charge < -0.3 is 10.1 Å². The van der Waals surface area contributed by atoms with Gasteiger partial charge in [-0.1, -0.05) is 54.1 Å². The number of aryl methyl sites for hydroxylation is 2. The van der Waals surface area contributed by atoms with E-state index in [9.17, 15) is 13.2 Å². The molecule has 0 aliphatic rings. The molecule has 3 aromatic rings. The fourth-order valence-corrected chi connectivity index (χ4v) is 5.03. The molecule has 0 fully saturated rings. The molecule has 1 unspecified atom stereocenters. The second-order valence-corrected chi connectivity index (χ2v) is 9.51. The van der Waals surface area contributed by atoms with Crippen molar-refractivity contribution in [3.8, 4) is 5.75 Å². The average molecular weight is 453 g/mol. The molecule has 0 spiro atoms. The summed E-state index contributed by atoms with van der Waals surface area (Å²) < 4.78 is 33.4. The highest BCUT2D eigenvalue weighted by Gasteiger charge is 2.29. The molecule has 1 N–H and O–H groups in total. The molecular weight excluding hydrogens is 424 g/mol. The summed E-state index contributed by atoms with van der Waals surface area (Å²) in [6, 6.07) is 20.6. The van der Waals surface area contributed by atoms with Crippen LogP contribution < -0.4 is 14.4 Å². The van der Waals surface area contributed by atoms with Gasteiger partial charge in [0, 0.05) is 0 Å². The fourth-order valence-electron chi connectivity index (χ4n) is 3.58. The third-order valence-corrected chi connectivity index (χ3v) is 7.02. The Morgan fingerprint density at radius 1 is 1.00 bits per heavy atom. The van der Waals surface area contributed by atoms with E-state index in [-0.39, 0.29) is 17.5 Å². The Morgan fingerprint density at radius 2 is 1.66 bits per heavy atom. The number of benzene rings is 3. The zero-order chi connectivity index (χ0) is 23.3. The third-order valence-electron chi connectivity index (χ3n) is 5.25. The van der Waals surface area contributed by atoms with Crippen molar-refractivity contribution >= 4 is 21.6 Å². The van der Waals surface area contributed by atoms with E-state index in [4.69, 9.17) is 4.74 Å². The molecule has 0 radical (unpaired) electrons.